The van der Waals surface area contributed by atoms with Crippen molar-refractivity contribution in [1.29, 1.82) is 0 Å². The Labute approximate surface area is 259 Å². The van der Waals surface area contributed by atoms with E-state index in [1.807, 2.05) is 84.9 Å². The molecule has 4 rings (SSSR count). The largest absolute Gasteiger partial charge is 0.490 e. The molecule has 0 bridgehead atoms. The van der Waals surface area contributed by atoms with Crippen molar-refractivity contribution in [2.75, 3.05) is 39.5 Å². The zero-order valence-electron chi connectivity index (χ0n) is 24.9. The molecule has 4 aromatic carbocycles. The van der Waals surface area contributed by atoms with Crippen molar-refractivity contribution in [3.63, 3.8) is 0 Å². The van der Waals surface area contributed by atoms with Crippen molar-refractivity contribution in [3.8, 4) is 23.0 Å². The third-order valence-corrected chi connectivity index (χ3v) is 6.64. The van der Waals surface area contributed by atoms with Crippen molar-refractivity contribution in [1.82, 2.24) is 10.6 Å². The van der Waals surface area contributed by atoms with Crippen LogP contribution in [0.5, 0.6) is 23.0 Å². The second kappa shape index (κ2) is 18.5. The summed E-state index contributed by atoms with van der Waals surface area (Å²) in [4.78, 5) is 25.5. The maximum atomic E-state index is 12.8. The number of amides is 2. The molecule has 0 aliphatic heterocycles. The van der Waals surface area contributed by atoms with E-state index in [4.69, 9.17) is 18.9 Å². The van der Waals surface area contributed by atoms with E-state index >= 15 is 0 Å². The molecule has 0 saturated carbocycles. The number of carbonyl (C=O) groups excluding carboxylic acids is 2. The van der Waals surface area contributed by atoms with Gasteiger partial charge < -0.3 is 29.6 Å². The summed E-state index contributed by atoms with van der Waals surface area (Å²) in [5.41, 5.74) is 1.01. The Morgan fingerprint density at radius 1 is 0.432 bits per heavy atom. The fourth-order valence-corrected chi connectivity index (χ4v) is 4.41. The summed E-state index contributed by atoms with van der Waals surface area (Å²) in [5.74, 6) is 2.30. The molecule has 0 saturated heterocycles. The first-order valence-electron chi connectivity index (χ1n) is 15.1. The van der Waals surface area contributed by atoms with E-state index in [1.165, 1.54) is 0 Å². The molecule has 0 heterocycles. The molecule has 0 unspecified atom stereocenters. The van der Waals surface area contributed by atoms with Gasteiger partial charge in [-0.1, -0.05) is 73.5 Å². The number of hydrogen-bond donors (Lipinski definition) is 2. The quantitative estimate of drug-likeness (QED) is 0.123. The molecule has 0 spiro atoms. The van der Waals surface area contributed by atoms with Gasteiger partial charge in [-0.2, -0.15) is 0 Å². The van der Waals surface area contributed by atoms with Gasteiger partial charge in [0, 0.05) is 13.1 Å². The number of nitrogens with one attached hydrogen (secondary N) is 2. The number of carbonyl (C=O) groups is 2. The summed E-state index contributed by atoms with van der Waals surface area (Å²) < 4.78 is 23.0. The van der Waals surface area contributed by atoms with Crippen LogP contribution in [0.15, 0.2) is 109 Å². The number of hydrogen-bond acceptors (Lipinski definition) is 6. The van der Waals surface area contributed by atoms with Crippen LogP contribution < -0.4 is 29.6 Å². The lowest BCUT2D eigenvalue weighted by Gasteiger charge is -2.13. The fourth-order valence-electron chi connectivity index (χ4n) is 4.41. The summed E-state index contributed by atoms with van der Waals surface area (Å²) >= 11 is 0. The molecule has 8 nitrogen and oxygen atoms in total. The van der Waals surface area contributed by atoms with Crippen molar-refractivity contribution in [2.24, 2.45) is 0 Å². The summed E-state index contributed by atoms with van der Waals surface area (Å²) in [7, 11) is 0. The Kier molecular flexibility index (Phi) is 13.5. The van der Waals surface area contributed by atoms with Crippen molar-refractivity contribution >= 4 is 11.8 Å². The highest BCUT2D eigenvalue weighted by atomic mass is 16.5. The predicted octanol–water partition coefficient (Wildman–Crippen LogP) is 6.32. The average molecular weight is 597 g/mol. The Morgan fingerprint density at radius 3 is 1.23 bits per heavy atom. The van der Waals surface area contributed by atoms with E-state index in [9.17, 15) is 9.59 Å². The molecule has 8 heteroatoms. The molecular weight excluding hydrogens is 556 g/mol. The molecule has 0 aromatic heterocycles. The first kappa shape index (κ1) is 31.9. The lowest BCUT2D eigenvalue weighted by Crippen LogP contribution is -2.26. The monoisotopic (exact) mass is 596 g/mol. The fraction of sp³-hybridized carbons (Fsp3) is 0.278. The normalized spacial score (nSPS) is 10.5. The zero-order chi connectivity index (χ0) is 30.7. The van der Waals surface area contributed by atoms with Crippen molar-refractivity contribution in [3.05, 3.63) is 120 Å². The van der Waals surface area contributed by atoms with E-state index in [0.29, 0.717) is 62.1 Å². The van der Waals surface area contributed by atoms with E-state index in [0.717, 1.165) is 37.2 Å². The van der Waals surface area contributed by atoms with E-state index < -0.39 is 0 Å². The van der Waals surface area contributed by atoms with Gasteiger partial charge in [0.1, 0.15) is 49.4 Å². The lowest BCUT2D eigenvalue weighted by atomic mass is 10.1. The van der Waals surface area contributed by atoms with E-state index in [-0.39, 0.29) is 11.8 Å². The first-order valence-corrected chi connectivity index (χ1v) is 15.1. The molecule has 0 aliphatic rings. The molecule has 0 aliphatic carbocycles. The summed E-state index contributed by atoms with van der Waals surface area (Å²) in [5, 5.41) is 5.96. The van der Waals surface area contributed by atoms with Crippen LogP contribution >= 0.6 is 0 Å². The zero-order valence-corrected chi connectivity index (χ0v) is 24.9. The van der Waals surface area contributed by atoms with Gasteiger partial charge in [0.05, 0.1) is 11.1 Å². The van der Waals surface area contributed by atoms with Gasteiger partial charge in [-0.15, -0.1) is 0 Å². The van der Waals surface area contributed by atoms with Crippen molar-refractivity contribution < 1.29 is 28.5 Å². The molecule has 4 aromatic rings. The third kappa shape index (κ3) is 11.0. The van der Waals surface area contributed by atoms with Crippen LogP contribution in [0.25, 0.3) is 0 Å². The first-order chi connectivity index (χ1) is 21.7. The molecule has 44 heavy (non-hydrogen) atoms. The van der Waals surface area contributed by atoms with Crippen LogP contribution in [0.2, 0.25) is 0 Å². The maximum Gasteiger partial charge on any atom is 0.255 e. The second-order valence-electron chi connectivity index (χ2n) is 9.94. The second-order valence-corrected chi connectivity index (χ2v) is 9.94. The molecule has 0 atom stereocenters. The average Bonchev–Trinajstić information content (AvgIpc) is 3.07. The van der Waals surface area contributed by atoms with Crippen LogP contribution in [0.3, 0.4) is 0 Å². The molecule has 2 amide bonds. The molecule has 230 valence electrons. The number of rotatable bonds is 19. The van der Waals surface area contributed by atoms with Crippen LogP contribution in [0.4, 0.5) is 0 Å². The number of ether oxygens (including phenoxy) is 4. The summed E-state index contributed by atoms with van der Waals surface area (Å²) in [6.07, 6.45) is 3.56. The maximum absolute atomic E-state index is 12.8. The minimum Gasteiger partial charge on any atom is -0.490 e. The van der Waals surface area contributed by atoms with Gasteiger partial charge >= 0.3 is 0 Å². The Bertz CT molecular complexity index is 1310. The Morgan fingerprint density at radius 2 is 0.795 bits per heavy atom. The summed E-state index contributed by atoms with van der Waals surface area (Å²) in [6.45, 7) is 2.55. The smallest absolute Gasteiger partial charge is 0.255 e. The SMILES string of the molecule is O=C(NCCCCCCNC(=O)c1ccccc1OCCOc1ccccc1)c1ccccc1OCCOc1ccccc1. The van der Waals surface area contributed by atoms with Gasteiger partial charge in [0.25, 0.3) is 11.8 Å². The Balaban J connectivity index is 1.07. The number of unbranched alkanes of at least 4 members (excludes halogenated alkanes) is 3. The standard InChI is InChI=1S/C36H40N2O6/c39-35(31-19-9-11-21-33(31)43-27-25-41-29-15-5-3-6-16-29)37-23-13-1-2-14-24-38-36(40)32-20-10-12-22-34(32)44-28-26-42-30-17-7-4-8-18-30/h3-12,15-22H,1-2,13-14,23-28H2,(H,37,39)(H,38,40). The third-order valence-electron chi connectivity index (χ3n) is 6.64. The topological polar surface area (TPSA) is 95.1 Å². The lowest BCUT2D eigenvalue weighted by molar-refractivity contribution is 0.0937. The highest BCUT2D eigenvalue weighted by Gasteiger charge is 2.13. The van der Waals surface area contributed by atoms with Crippen LogP contribution in [0, 0.1) is 0 Å². The highest BCUT2D eigenvalue weighted by molar-refractivity contribution is 5.97. The molecule has 0 fully saturated rings. The minimum absolute atomic E-state index is 0.163. The van der Waals surface area contributed by atoms with Gasteiger partial charge in [-0.05, 0) is 61.4 Å². The van der Waals surface area contributed by atoms with Gasteiger partial charge in [0.2, 0.25) is 0 Å². The van der Waals surface area contributed by atoms with E-state index in [2.05, 4.69) is 10.6 Å². The van der Waals surface area contributed by atoms with Gasteiger partial charge in [-0.3, -0.25) is 9.59 Å². The number of para-hydroxylation sites is 4. The molecule has 2 N–H and O–H groups in total. The van der Waals surface area contributed by atoms with Crippen molar-refractivity contribution in [2.45, 2.75) is 25.7 Å². The Hall–Kier alpha value is -4.98. The van der Waals surface area contributed by atoms with Crippen LogP contribution in [-0.2, 0) is 0 Å². The minimum atomic E-state index is -0.163. The number of benzene rings is 4. The van der Waals surface area contributed by atoms with Crippen LogP contribution in [0.1, 0.15) is 46.4 Å². The van der Waals surface area contributed by atoms with Crippen LogP contribution in [-0.4, -0.2) is 51.3 Å². The van der Waals surface area contributed by atoms with Gasteiger partial charge in [0.15, 0.2) is 0 Å². The van der Waals surface area contributed by atoms with E-state index in [1.54, 1.807) is 24.3 Å². The molecular formula is C36H40N2O6. The summed E-state index contributed by atoms with van der Waals surface area (Å²) in [6, 6.07) is 33.5. The predicted molar refractivity (Wildman–Crippen MR) is 171 cm³/mol. The molecule has 0 radical (unpaired) electrons. The van der Waals surface area contributed by atoms with Gasteiger partial charge in [-0.25, -0.2) is 0 Å². The highest BCUT2D eigenvalue weighted by Crippen LogP contribution is 2.19.